The van der Waals surface area contributed by atoms with Crippen molar-refractivity contribution in [3.05, 3.63) is 23.3 Å². The number of aromatic nitrogens is 2. The molecule has 2 N–H and O–H groups in total. The van der Waals surface area contributed by atoms with E-state index in [1.54, 1.807) is 0 Å². The first-order valence-electron chi connectivity index (χ1n) is 4.96. The van der Waals surface area contributed by atoms with Crippen LogP contribution < -0.4 is 5.73 Å². The van der Waals surface area contributed by atoms with E-state index in [9.17, 15) is 0 Å². The van der Waals surface area contributed by atoms with Gasteiger partial charge < -0.3 is 5.73 Å². The van der Waals surface area contributed by atoms with Gasteiger partial charge in [0, 0.05) is 29.4 Å². The molecule has 0 spiro atoms. The Balaban J connectivity index is 2.02. The van der Waals surface area contributed by atoms with E-state index >= 15 is 0 Å². The minimum Gasteiger partial charge on any atom is -0.324 e. The second-order valence-electron chi connectivity index (χ2n) is 4.05. The third-order valence-electron chi connectivity index (χ3n) is 2.95. The quantitative estimate of drug-likeness (QED) is 0.700. The van der Waals surface area contributed by atoms with Gasteiger partial charge in [-0.1, -0.05) is 0 Å². The lowest BCUT2D eigenvalue weighted by Crippen LogP contribution is -2.06. The number of hydrogen-bond donors (Lipinski definition) is 1. The Morgan fingerprint density at radius 3 is 2.92 bits per heavy atom. The molecule has 1 heterocycles. The highest BCUT2D eigenvalue weighted by atomic mass is 14.9. The molecule has 68 valence electrons. The third-order valence-corrected chi connectivity index (χ3v) is 2.95. The van der Waals surface area contributed by atoms with E-state index in [0.717, 1.165) is 18.7 Å². The molecule has 1 atom stereocenters. The molecule has 3 heteroatoms. The predicted octanol–water partition coefficient (Wildman–Crippen LogP) is 1.30. The fourth-order valence-electron chi connectivity index (χ4n) is 1.94. The van der Waals surface area contributed by atoms with Crippen molar-refractivity contribution in [1.82, 2.24) is 9.97 Å². The molecule has 0 aliphatic heterocycles. The van der Waals surface area contributed by atoms with E-state index < -0.39 is 0 Å². The molecule has 1 aromatic rings. The normalized spacial score (nSPS) is 26.1. The van der Waals surface area contributed by atoms with Crippen LogP contribution >= 0.6 is 0 Å². The molecule has 13 heavy (non-hydrogen) atoms. The molecule has 0 amide bonds. The van der Waals surface area contributed by atoms with E-state index in [0.29, 0.717) is 5.92 Å². The molecule has 1 fully saturated rings. The van der Waals surface area contributed by atoms with Gasteiger partial charge in [-0.05, 0) is 25.7 Å². The molecule has 1 unspecified atom stereocenters. The molecule has 0 bridgehead atoms. The summed E-state index contributed by atoms with van der Waals surface area (Å²) in [4.78, 5) is 8.95. The van der Waals surface area contributed by atoms with Crippen LogP contribution in [0.1, 0.15) is 48.3 Å². The van der Waals surface area contributed by atoms with E-state index in [-0.39, 0.29) is 6.04 Å². The average molecular weight is 175 g/mol. The Morgan fingerprint density at radius 1 is 1.31 bits per heavy atom. The zero-order valence-corrected chi connectivity index (χ0v) is 7.53. The molecule has 1 saturated carbocycles. The van der Waals surface area contributed by atoms with E-state index in [1.807, 2.05) is 6.20 Å². The van der Waals surface area contributed by atoms with E-state index in [2.05, 4.69) is 9.97 Å². The van der Waals surface area contributed by atoms with Crippen molar-refractivity contribution >= 4 is 0 Å². The second kappa shape index (κ2) is 2.51. The Bertz CT molecular complexity index is 344. The number of aryl methyl sites for hydroxylation is 1. The fraction of sp³-hybridized carbons (Fsp3) is 0.600. The first-order chi connectivity index (χ1) is 6.34. The maximum absolute atomic E-state index is 5.91. The lowest BCUT2D eigenvalue weighted by molar-refractivity contribution is 0.711. The zero-order chi connectivity index (χ0) is 8.84. The number of hydrogen-bond acceptors (Lipinski definition) is 3. The SMILES string of the molecule is NC1CCc2nc(C3CC3)ncc21. The average Bonchev–Trinajstić information content (AvgIpc) is 2.93. The maximum atomic E-state index is 5.91. The summed E-state index contributed by atoms with van der Waals surface area (Å²) in [6.45, 7) is 0. The van der Waals surface area contributed by atoms with Gasteiger partial charge in [-0.25, -0.2) is 9.97 Å². The van der Waals surface area contributed by atoms with Crippen molar-refractivity contribution in [3.63, 3.8) is 0 Å². The van der Waals surface area contributed by atoms with Crippen molar-refractivity contribution in [3.8, 4) is 0 Å². The predicted molar refractivity (Wildman–Crippen MR) is 49.3 cm³/mol. The second-order valence-corrected chi connectivity index (χ2v) is 4.05. The highest BCUT2D eigenvalue weighted by Gasteiger charge is 2.29. The summed E-state index contributed by atoms with van der Waals surface area (Å²) in [7, 11) is 0. The smallest absolute Gasteiger partial charge is 0.131 e. The highest BCUT2D eigenvalue weighted by molar-refractivity contribution is 5.27. The number of nitrogens with zero attached hydrogens (tertiary/aromatic N) is 2. The standard InChI is InChI=1S/C10H13N3/c11-8-3-4-9-7(8)5-12-10(13-9)6-1-2-6/h5-6,8H,1-4,11H2. The van der Waals surface area contributed by atoms with Crippen molar-refractivity contribution in [1.29, 1.82) is 0 Å². The topological polar surface area (TPSA) is 51.8 Å². The van der Waals surface area contributed by atoms with Gasteiger partial charge in [-0.2, -0.15) is 0 Å². The van der Waals surface area contributed by atoms with Crippen LogP contribution in [0.5, 0.6) is 0 Å². The third kappa shape index (κ3) is 1.15. The van der Waals surface area contributed by atoms with Gasteiger partial charge in [0.05, 0.1) is 0 Å². The summed E-state index contributed by atoms with van der Waals surface area (Å²) < 4.78 is 0. The minimum atomic E-state index is 0.184. The summed E-state index contributed by atoms with van der Waals surface area (Å²) >= 11 is 0. The van der Waals surface area contributed by atoms with Crippen LogP contribution in [0.15, 0.2) is 6.20 Å². The number of nitrogens with two attached hydrogens (primary N) is 1. The van der Waals surface area contributed by atoms with Crippen LogP contribution in [-0.2, 0) is 6.42 Å². The maximum Gasteiger partial charge on any atom is 0.131 e. The largest absolute Gasteiger partial charge is 0.324 e. The summed E-state index contributed by atoms with van der Waals surface area (Å²) in [6.07, 6.45) is 6.56. The molecular formula is C10H13N3. The first-order valence-corrected chi connectivity index (χ1v) is 4.96. The van der Waals surface area contributed by atoms with Crippen LogP contribution in [0.2, 0.25) is 0 Å². The Morgan fingerprint density at radius 2 is 2.15 bits per heavy atom. The molecule has 2 aliphatic carbocycles. The summed E-state index contributed by atoms with van der Waals surface area (Å²) in [5.41, 5.74) is 8.28. The molecule has 0 aromatic carbocycles. The zero-order valence-electron chi connectivity index (χ0n) is 7.53. The Kier molecular flexibility index (Phi) is 1.44. The van der Waals surface area contributed by atoms with Gasteiger partial charge in [0.2, 0.25) is 0 Å². The van der Waals surface area contributed by atoms with Gasteiger partial charge in [0.1, 0.15) is 5.82 Å². The molecule has 0 radical (unpaired) electrons. The summed E-state index contributed by atoms with van der Waals surface area (Å²) in [5, 5.41) is 0. The number of fused-ring (bicyclic) bond motifs is 1. The molecule has 2 aliphatic rings. The van der Waals surface area contributed by atoms with Crippen LogP contribution in [0.25, 0.3) is 0 Å². The van der Waals surface area contributed by atoms with Gasteiger partial charge in [-0.3, -0.25) is 0 Å². The lowest BCUT2D eigenvalue weighted by Gasteiger charge is -2.04. The molecule has 0 saturated heterocycles. The lowest BCUT2D eigenvalue weighted by atomic mass is 10.2. The summed E-state index contributed by atoms with van der Waals surface area (Å²) in [6, 6.07) is 0.184. The van der Waals surface area contributed by atoms with Gasteiger partial charge in [0.25, 0.3) is 0 Å². The van der Waals surface area contributed by atoms with Gasteiger partial charge in [0.15, 0.2) is 0 Å². The van der Waals surface area contributed by atoms with Crippen LogP contribution in [0.3, 0.4) is 0 Å². The van der Waals surface area contributed by atoms with E-state index in [1.165, 1.54) is 24.1 Å². The number of rotatable bonds is 1. The highest BCUT2D eigenvalue weighted by Crippen LogP contribution is 2.39. The monoisotopic (exact) mass is 175 g/mol. The minimum absolute atomic E-state index is 0.184. The van der Waals surface area contributed by atoms with Crippen LogP contribution in [-0.4, -0.2) is 9.97 Å². The fourth-order valence-corrected chi connectivity index (χ4v) is 1.94. The summed E-state index contributed by atoms with van der Waals surface area (Å²) in [5.74, 6) is 1.70. The molecular weight excluding hydrogens is 162 g/mol. The van der Waals surface area contributed by atoms with Crippen molar-refractivity contribution < 1.29 is 0 Å². The van der Waals surface area contributed by atoms with Crippen molar-refractivity contribution in [2.75, 3.05) is 0 Å². The first kappa shape index (κ1) is 7.44. The van der Waals surface area contributed by atoms with Gasteiger partial charge >= 0.3 is 0 Å². The van der Waals surface area contributed by atoms with E-state index in [4.69, 9.17) is 5.73 Å². The molecule has 3 rings (SSSR count). The van der Waals surface area contributed by atoms with Crippen molar-refractivity contribution in [2.24, 2.45) is 5.73 Å². The van der Waals surface area contributed by atoms with Gasteiger partial charge in [-0.15, -0.1) is 0 Å². The molecule has 3 nitrogen and oxygen atoms in total. The van der Waals surface area contributed by atoms with Crippen LogP contribution in [0, 0.1) is 0 Å². The van der Waals surface area contributed by atoms with Crippen molar-refractivity contribution in [2.45, 2.75) is 37.6 Å². The molecule has 1 aromatic heterocycles. The Hall–Kier alpha value is -0.960. The Labute approximate surface area is 77.4 Å². The van der Waals surface area contributed by atoms with Crippen LogP contribution in [0.4, 0.5) is 0 Å².